The van der Waals surface area contributed by atoms with Crippen molar-refractivity contribution in [3.05, 3.63) is 34.4 Å². The number of nitro groups is 1. The highest BCUT2D eigenvalue weighted by atomic mass is 32.2. The highest BCUT2D eigenvalue weighted by Gasteiger charge is 2.31. The number of rotatable bonds is 4. The number of sulfonamides is 1. The van der Waals surface area contributed by atoms with Crippen molar-refractivity contribution in [3.8, 4) is 0 Å². The smallest absolute Gasteiger partial charge is 0.289 e. The van der Waals surface area contributed by atoms with Crippen LogP contribution in [0.2, 0.25) is 0 Å². The number of nitrogens with zero attached hydrogens (tertiary/aromatic N) is 1. The topological polar surface area (TPSA) is 122 Å². The maximum atomic E-state index is 12.2. The summed E-state index contributed by atoms with van der Waals surface area (Å²) in [5, 5.41) is 23.5. The van der Waals surface area contributed by atoms with Gasteiger partial charge < -0.3 is 10.4 Å². The van der Waals surface area contributed by atoms with Gasteiger partial charge in [0.05, 0.1) is 17.1 Å². The summed E-state index contributed by atoms with van der Waals surface area (Å²) in [5.74, 6) is 0. The highest BCUT2D eigenvalue weighted by Crippen LogP contribution is 2.23. The first-order chi connectivity index (χ1) is 9.42. The lowest BCUT2D eigenvalue weighted by molar-refractivity contribution is -0.387. The van der Waals surface area contributed by atoms with Gasteiger partial charge in [0, 0.05) is 12.6 Å². The average Bonchev–Trinajstić information content (AvgIpc) is 2.41. The fourth-order valence-corrected chi connectivity index (χ4v) is 3.55. The number of para-hydroxylation sites is 1. The van der Waals surface area contributed by atoms with Crippen LogP contribution in [0.3, 0.4) is 0 Å². The molecule has 1 fully saturated rings. The van der Waals surface area contributed by atoms with Crippen molar-refractivity contribution >= 4 is 15.7 Å². The van der Waals surface area contributed by atoms with Crippen LogP contribution in [-0.2, 0) is 10.0 Å². The summed E-state index contributed by atoms with van der Waals surface area (Å²) in [5.41, 5.74) is -0.483. The van der Waals surface area contributed by atoms with E-state index in [0.29, 0.717) is 13.0 Å². The van der Waals surface area contributed by atoms with Gasteiger partial charge in [-0.1, -0.05) is 12.1 Å². The van der Waals surface area contributed by atoms with E-state index < -0.39 is 37.7 Å². The van der Waals surface area contributed by atoms with Crippen molar-refractivity contribution in [2.24, 2.45) is 0 Å². The number of benzene rings is 1. The van der Waals surface area contributed by atoms with Crippen LogP contribution in [0.1, 0.15) is 6.42 Å². The van der Waals surface area contributed by atoms with Crippen LogP contribution in [0.5, 0.6) is 0 Å². The van der Waals surface area contributed by atoms with Gasteiger partial charge in [-0.2, -0.15) is 0 Å². The molecule has 1 aliphatic rings. The van der Waals surface area contributed by atoms with Gasteiger partial charge >= 0.3 is 0 Å². The lowest BCUT2D eigenvalue weighted by Gasteiger charge is -2.28. The van der Waals surface area contributed by atoms with Gasteiger partial charge in [0.25, 0.3) is 5.69 Å². The largest absolute Gasteiger partial charge is 0.390 e. The van der Waals surface area contributed by atoms with Crippen LogP contribution < -0.4 is 10.0 Å². The van der Waals surface area contributed by atoms with E-state index in [-0.39, 0.29) is 6.54 Å². The summed E-state index contributed by atoms with van der Waals surface area (Å²) >= 11 is 0. The van der Waals surface area contributed by atoms with Crippen molar-refractivity contribution < 1.29 is 18.4 Å². The minimum Gasteiger partial charge on any atom is -0.390 e. The summed E-state index contributed by atoms with van der Waals surface area (Å²) < 4.78 is 26.8. The van der Waals surface area contributed by atoms with Gasteiger partial charge in [0.1, 0.15) is 0 Å². The zero-order chi connectivity index (χ0) is 14.8. The molecule has 1 heterocycles. The molecule has 0 aliphatic carbocycles. The van der Waals surface area contributed by atoms with Crippen molar-refractivity contribution in [2.45, 2.75) is 23.5 Å². The lowest BCUT2D eigenvalue weighted by atomic mass is 10.1. The van der Waals surface area contributed by atoms with Crippen molar-refractivity contribution in [1.82, 2.24) is 10.0 Å². The quantitative estimate of drug-likeness (QED) is 0.513. The predicted molar refractivity (Wildman–Crippen MR) is 70.7 cm³/mol. The average molecular weight is 301 g/mol. The summed E-state index contributed by atoms with van der Waals surface area (Å²) in [6.45, 7) is 0.852. The van der Waals surface area contributed by atoms with Gasteiger partial charge in [-0.15, -0.1) is 0 Å². The van der Waals surface area contributed by atoms with Crippen LogP contribution >= 0.6 is 0 Å². The number of aliphatic hydroxyl groups excluding tert-OH is 1. The second-order valence-corrected chi connectivity index (χ2v) is 6.20. The molecular weight excluding hydrogens is 286 g/mol. The second-order valence-electron chi connectivity index (χ2n) is 4.51. The van der Waals surface area contributed by atoms with Crippen LogP contribution in [0.4, 0.5) is 5.69 Å². The third-order valence-corrected chi connectivity index (χ3v) is 4.65. The molecule has 0 amide bonds. The third-order valence-electron chi connectivity index (χ3n) is 3.11. The van der Waals surface area contributed by atoms with E-state index in [2.05, 4.69) is 10.0 Å². The van der Waals surface area contributed by atoms with Gasteiger partial charge in [-0.3, -0.25) is 10.1 Å². The zero-order valence-corrected chi connectivity index (χ0v) is 11.3. The Hall–Kier alpha value is -1.55. The lowest BCUT2D eigenvalue weighted by Crippen LogP contribution is -2.52. The molecule has 3 N–H and O–H groups in total. The van der Waals surface area contributed by atoms with Gasteiger partial charge in [-0.05, 0) is 19.0 Å². The third kappa shape index (κ3) is 3.12. The summed E-state index contributed by atoms with van der Waals surface area (Å²) in [4.78, 5) is 9.74. The first-order valence-corrected chi connectivity index (χ1v) is 7.54. The Morgan fingerprint density at radius 3 is 2.75 bits per heavy atom. The molecule has 2 rings (SSSR count). The summed E-state index contributed by atoms with van der Waals surface area (Å²) in [7, 11) is -4.05. The number of nitro benzene ring substituents is 1. The highest BCUT2D eigenvalue weighted by molar-refractivity contribution is 7.89. The molecule has 0 bridgehead atoms. The summed E-state index contributed by atoms with van der Waals surface area (Å²) in [6.07, 6.45) is -0.442. The molecule has 20 heavy (non-hydrogen) atoms. The molecule has 0 radical (unpaired) electrons. The molecule has 2 atom stereocenters. The maximum absolute atomic E-state index is 12.2. The standard InChI is InChI=1S/C11H15N3O5S/c15-10-7-12-6-5-8(10)13-20(18,19)11-4-2-1-3-9(11)14(16)17/h1-4,8,10,12-13,15H,5-7H2/t8-,10+/m0/s1. The Kier molecular flexibility index (Phi) is 4.33. The zero-order valence-electron chi connectivity index (χ0n) is 10.5. The van der Waals surface area contributed by atoms with Crippen LogP contribution in [-0.4, -0.2) is 43.7 Å². The molecule has 0 aromatic heterocycles. The number of piperidine rings is 1. The van der Waals surface area contributed by atoms with Crippen LogP contribution in [0.15, 0.2) is 29.2 Å². The molecular formula is C11H15N3O5S. The van der Waals surface area contributed by atoms with E-state index in [0.717, 1.165) is 6.07 Å². The molecule has 0 spiro atoms. The normalized spacial score (nSPS) is 23.4. The van der Waals surface area contributed by atoms with Crippen LogP contribution in [0, 0.1) is 10.1 Å². The van der Waals surface area contributed by atoms with Gasteiger partial charge in [0.2, 0.25) is 10.0 Å². The van der Waals surface area contributed by atoms with Crippen LogP contribution in [0.25, 0.3) is 0 Å². The molecule has 9 heteroatoms. The first kappa shape index (κ1) is 14.9. The van der Waals surface area contributed by atoms with Crippen molar-refractivity contribution in [3.63, 3.8) is 0 Å². The Labute approximate surface area is 116 Å². The number of hydrogen-bond acceptors (Lipinski definition) is 6. The number of hydrogen-bond donors (Lipinski definition) is 3. The van der Waals surface area contributed by atoms with E-state index in [1.54, 1.807) is 0 Å². The predicted octanol–water partition coefficient (Wildman–Crippen LogP) is -0.404. The van der Waals surface area contributed by atoms with E-state index in [9.17, 15) is 23.6 Å². The van der Waals surface area contributed by atoms with Crippen molar-refractivity contribution in [2.75, 3.05) is 13.1 Å². The van der Waals surface area contributed by atoms with E-state index in [1.165, 1.54) is 18.2 Å². The Morgan fingerprint density at radius 2 is 2.10 bits per heavy atom. The minimum absolute atomic E-state index is 0.282. The molecule has 0 unspecified atom stereocenters. The SMILES string of the molecule is O=[N+]([O-])c1ccccc1S(=O)(=O)N[C@H]1CCNC[C@H]1O. The minimum atomic E-state index is -4.05. The Morgan fingerprint density at radius 1 is 1.40 bits per heavy atom. The van der Waals surface area contributed by atoms with E-state index in [4.69, 9.17) is 0 Å². The fourth-order valence-electron chi connectivity index (χ4n) is 2.08. The molecule has 8 nitrogen and oxygen atoms in total. The molecule has 110 valence electrons. The molecule has 1 aromatic rings. The Balaban J connectivity index is 2.29. The molecule has 1 aliphatic heterocycles. The first-order valence-electron chi connectivity index (χ1n) is 6.06. The maximum Gasteiger partial charge on any atom is 0.289 e. The van der Waals surface area contributed by atoms with Gasteiger partial charge in [-0.25, -0.2) is 13.1 Å². The molecule has 1 saturated heterocycles. The summed E-state index contributed by atoms with van der Waals surface area (Å²) in [6, 6.07) is 4.47. The monoisotopic (exact) mass is 301 g/mol. The number of aliphatic hydroxyl groups is 1. The van der Waals surface area contributed by atoms with E-state index in [1.807, 2.05) is 0 Å². The van der Waals surface area contributed by atoms with Gasteiger partial charge in [0.15, 0.2) is 4.90 Å². The van der Waals surface area contributed by atoms with E-state index >= 15 is 0 Å². The van der Waals surface area contributed by atoms with Crippen molar-refractivity contribution in [1.29, 1.82) is 0 Å². The fraction of sp³-hybridized carbons (Fsp3) is 0.455. The number of nitrogens with one attached hydrogen (secondary N) is 2. The Bertz CT molecular complexity index is 604. The second kappa shape index (κ2) is 5.83. The molecule has 0 saturated carbocycles. The molecule has 1 aromatic carbocycles. The number of β-amino-alcohol motifs (C(OH)–C–C–N with tert-alkyl or cyclic N) is 1.